The number of aromatic nitrogens is 2. The van der Waals surface area contributed by atoms with Gasteiger partial charge in [-0.15, -0.1) is 0 Å². The van der Waals surface area contributed by atoms with E-state index in [2.05, 4.69) is 30.7 Å². The molecule has 1 saturated heterocycles. The molecule has 2 heterocycles. The largest absolute Gasteiger partial charge is 0.338 e. The highest BCUT2D eigenvalue weighted by molar-refractivity contribution is 7.89. The summed E-state index contributed by atoms with van der Waals surface area (Å²) in [6.45, 7) is 10.2. The van der Waals surface area contributed by atoms with Crippen molar-refractivity contribution in [1.82, 2.24) is 14.3 Å². The first-order chi connectivity index (χ1) is 12.2. The molecule has 0 radical (unpaired) electrons. The summed E-state index contributed by atoms with van der Waals surface area (Å²) in [5.41, 5.74) is 1.71. The van der Waals surface area contributed by atoms with Gasteiger partial charge >= 0.3 is 0 Å². The molecule has 1 aliphatic heterocycles. The van der Waals surface area contributed by atoms with Crippen LogP contribution in [0.3, 0.4) is 0 Å². The molecule has 0 N–H and O–H groups in total. The summed E-state index contributed by atoms with van der Waals surface area (Å²) in [4.78, 5) is 10.9. The maximum atomic E-state index is 13.2. The lowest BCUT2D eigenvalue weighted by Crippen LogP contribution is -2.49. The molecule has 1 aliphatic rings. The van der Waals surface area contributed by atoms with E-state index in [0.29, 0.717) is 37.0 Å². The molecule has 0 amide bonds. The molecule has 26 heavy (non-hydrogen) atoms. The van der Waals surface area contributed by atoms with Crippen molar-refractivity contribution in [2.24, 2.45) is 0 Å². The predicted molar refractivity (Wildman–Crippen MR) is 103 cm³/mol. The number of anilines is 1. The molecule has 1 aromatic carbocycles. The summed E-state index contributed by atoms with van der Waals surface area (Å²) >= 11 is 0. The van der Waals surface area contributed by atoms with Gasteiger partial charge in [0.25, 0.3) is 0 Å². The minimum Gasteiger partial charge on any atom is -0.338 e. The van der Waals surface area contributed by atoms with Gasteiger partial charge < -0.3 is 4.90 Å². The normalized spacial score (nSPS) is 16.7. The molecule has 3 rings (SSSR count). The molecular weight excluding hydrogens is 348 g/mol. The van der Waals surface area contributed by atoms with Crippen molar-refractivity contribution in [3.63, 3.8) is 0 Å². The van der Waals surface area contributed by atoms with Crippen LogP contribution in [0, 0.1) is 6.92 Å². The standard InChI is InChI=1S/C19H26N4O2S/c1-15-6-7-16(19(2,3)4)14-17(15)26(24,25)23-12-10-22(11-13-23)18-20-8-5-9-21-18/h5-9,14H,10-13H2,1-4H3. The first kappa shape index (κ1) is 18.8. The van der Waals surface area contributed by atoms with Gasteiger partial charge in [-0.1, -0.05) is 32.9 Å². The molecule has 1 aromatic heterocycles. The summed E-state index contributed by atoms with van der Waals surface area (Å²) in [6.07, 6.45) is 3.40. The Labute approximate surface area is 155 Å². The van der Waals surface area contributed by atoms with Gasteiger partial charge in [-0.25, -0.2) is 18.4 Å². The van der Waals surface area contributed by atoms with Crippen molar-refractivity contribution in [3.05, 3.63) is 47.8 Å². The molecule has 140 valence electrons. The van der Waals surface area contributed by atoms with Crippen molar-refractivity contribution in [1.29, 1.82) is 0 Å². The first-order valence-electron chi connectivity index (χ1n) is 8.83. The quantitative estimate of drug-likeness (QED) is 0.826. The maximum Gasteiger partial charge on any atom is 0.243 e. The second-order valence-electron chi connectivity index (χ2n) is 7.67. The molecule has 1 fully saturated rings. The van der Waals surface area contributed by atoms with Crippen molar-refractivity contribution in [2.75, 3.05) is 31.1 Å². The molecule has 2 aromatic rings. The summed E-state index contributed by atoms with van der Waals surface area (Å²) < 4.78 is 28.0. The van der Waals surface area contributed by atoms with E-state index in [4.69, 9.17) is 0 Å². The Morgan fingerprint density at radius 1 is 1.00 bits per heavy atom. The van der Waals surface area contributed by atoms with Crippen LogP contribution in [0.15, 0.2) is 41.6 Å². The van der Waals surface area contributed by atoms with Crippen LogP contribution in [-0.2, 0) is 15.4 Å². The Bertz CT molecular complexity index is 868. The minimum atomic E-state index is -3.52. The fourth-order valence-electron chi connectivity index (χ4n) is 3.07. The topological polar surface area (TPSA) is 66.4 Å². The number of benzene rings is 1. The zero-order valence-corrected chi connectivity index (χ0v) is 16.6. The number of piperazine rings is 1. The summed E-state index contributed by atoms with van der Waals surface area (Å²) in [6, 6.07) is 7.52. The lowest BCUT2D eigenvalue weighted by Gasteiger charge is -2.34. The number of aryl methyl sites for hydroxylation is 1. The van der Waals surface area contributed by atoms with Gasteiger partial charge in [0, 0.05) is 38.6 Å². The third kappa shape index (κ3) is 3.73. The van der Waals surface area contributed by atoms with Gasteiger partial charge in [0.2, 0.25) is 16.0 Å². The molecule has 6 nitrogen and oxygen atoms in total. The summed E-state index contributed by atoms with van der Waals surface area (Å²) in [7, 11) is -3.52. The lowest BCUT2D eigenvalue weighted by molar-refractivity contribution is 0.382. The van der Waals surface area contributed by atoms with E-state index in [1.807, 2.05) is 30.0 Å². The van der Waals surface area contributed by atoms with E-state index in [-0.39, 0.29) is 5.41 Å². The van der Waals surface area contributed by atoms with Gasteiger partial charge in [-0.05, 0) is 35.6 Å². The molecule has 0 unspecified atom stereocenters. The Kier molecular flexibility index (Phi) is 5.03. The van der Waals surface area contributed by atoms with Crippen LogP contribution in [-0.4, -0.2) is 48.9 Å². The fourth-order valence-corrected chi connectivity index (χ4v) is 4.74. The molecule has 0 bridgehead atoms. The Morgan fingerprint density at radius 2 is 1.62 bits per heavy atom. The van der Waals surface area contributed by atoms with Crippen LogP contribution in [0.2, 0.25) is 0 Å². The van der Waals surface area contributed by atoms with Crippen molar-refractivity contribution in [3.8, 4) is 0 Å². The van der Waals surface area contributed by atoms with E-state index in [1.54, 1.807) is 22.8 Å². The molecule has 7 heteroatoms. The number of rotatable bonds is 3. The van der Waals surface area contributed by atoms with Gasteiger partial charge in [0.15, 0.2) is 0 Å². The van der Waals surface area contributed by atoms with Gasteiger partial charge in [-0.3, -0.25) is 0 Å². The van der Waals surface area contributed by atoms with E-state index < -0.39 is 10.0 Å². The first-order valence-corrected chi connectivity index (χ1v) is 10.3. The number of nitrogens with zero attached hydrogens (tertiary/aromatic N) is 4. The molecule has 0 saturated carbocycles. The van der Waals surface area contributed by atoms with Crippen LogP contribution in [0.25, 0.3) is 0 Å². The Hall–Kier alpha value is -1.99. The van der Waals surface area contributed by atoms with Crippen LogP contribution >= 0.6 is 0 Å². The second-order valence-corrected chi connectivity index (χ2v) is 9.58. The number of hydrogen-bond acceptors (Lipinski definition) is 5. The lowest BCUT2D eigenvalue weighted by atomic mass is 9.87. The van der Waals surface area contributed by atoms with Crippen LogP contribution in [0.4, 0.5) is 5.95 Å². The molecule has 0 atom stereocenters. The third-order valence-electron chi connectivity index (χ3n) is 4.75. The highest BCUT2D eigenvalue weighted by Gasteiger charge is 2.31. The van der Waals surface area contributed by atoms with Crippen LogP contribution in [0.5, 0.6) is 0 Å². The summed E-state index contributed by atoms with van der Waals surface area (Å²) in [5, 5.41) is 0. The predicted octanol–water partition coefficient (Wildman–Crippen LogP) is 2.59. The third-order valence-corrected chi connectivity index (χ3v) is 6.79. The molecular formula is C19H26N4O2S. The van der Waals surface area contributed by atoms with Crippen LogP contribution < -0.4 is 4.90 Å². The van der Waals surface area contributed by atoms with Crippen molar-refractivity contribution in [2.45, 2.75) is 38.0 Å². The van der Waals surface area contributed by atoms with Crippen LogP contribution in [0.1, 0.15) is 31.9 Å². The monoisotopic (exact) mass is 374 g/mol. The SMILES string of the molecule is Cc1ccc(C(C)(C)C)cc1S(=O)(=O)N1CCN(c2ncccn2)CC1. The zero-order chi connectivity index (χ0) is 18.9. The van der Waals surface area contributed by atoms with Gasteiger partial charge in [0.1, 0.15) is 0 Å². The average Bonchev–Trinajstić information content (AvgIpc) is 2.62. The van der Waals surface area contributed by atoms with E-state index in [0.717, 1.165) is 11.1 Å². The van der Waals surface area contributed by atoms with E-state index in [9.17, 15) is 8.42 Å². The Balaban J connectivity index is 1.82. The van der Waals surface area contributed by atoms with Gasteiger partial charge in [0.05, 0.1) is 4.90 Å². The maximum absolute atomic E-state index is 13.2. The highest BCUT2D eigenvalue weighted by atomic mass is 32.2. The zero-order valence-electron chi connectivity index (χ0n) is 15.8. The number of hydrogen-bond donors (Lipinski definition) is 0. The van der Waals surface area contributed by atoms with E-state index >= 15 is 0 Å². The van der Waals surface area contributed by atoms with Gasteiger partial charge in [-0.2, -0.15) is 4.31 Å². The van der Waals surface area contributed by atoms with E-state index in [1.165, 1.54) is 0 Å². The summed E-state index contributed by atoms with van der Waals surface area (Å²) in [5.74, 6) is 0.649. The highest BCUT2D eigenvalue weighted by Crippen LogP contribution is 2.28. The van der Waals surface area contributed by atoms with Crippen molar-refractivity contribution >= 4 is 16.0 Å². The average molecular weight is 375 g/mol. The second kappa shape index (κ2) is 6.96. The smallest absolute Gasteiger partial charge is 0.243 e. The number of sulfonamides is 1. The molecule has 0 spiro atoms. The molecule has 0 aliphatic carbocycles. The minimum absolute atomic E-state index is 0.0959. The Morgan fingerprint density at radius 3 is 2.19 bits per heavy atom. The fraction of sp³-hybridized carbons (Fsp3) is 0.474. The van der Waals surface area contributed by atoms with Crippen molar-refractivity contribution < 1.29 is 8.42 Å².